The molecule has 5 heteroatoms. The Hall–Kier alpha value is -2.92. The van der Waals surface area contributed by atoms with E-state index < -0.39 is 0 Å². The van der Waals surface area contributed by atoms with Crippen LogP contribution in [0.2, 0.25) is 0 Å². The van der Waals surface area contributed by atoms with Gasteiger partial charge in [0.15, 0.2) is 0 Å². The molecule has 0 fully saturated rings. The number of para-hydroxylation sites is 2. The molecule has 0 spiro atoms. The molecule has 134 valence electrons. The van der Waals surface area contributed by atoms with Crippen LogP contribution in [0, 0.1) is 0 Å². The van der Waals surface area contributed by atoms with E-state index in [9.17, 15) is 4.79 Å². The Kier molecular flexibility index (Phi) is 5.03. The van der Waals surface area contributed by atoms with Crippen LogP contribution in [0.3, 0.4) is 0 Å². The van der Waals surface area contributed by atoms with Crippen molar-refractivity contribution in [3.05, 3.63) is 82.8 Å². The number of aryl methyl sites for hydroxylation is 1. The zero-order valence-corrected chi connectivity index (χ0v) is 16.2. The third-order valence-electron chi connectivity index (χ3n) is 4.54. The second-order valence-electron chi connectivity index (χ2n) is 6.25. The molecule has 1 aromatic heterocycles. The number of hydrogen-bond donors (Lipinski definition) is 1. The summed E-state index contributed by atoms with van der Waals surface area (Å²) in [6, 6.07) is 24.3. The van der Waals surface area contributed by atoms with Crippen LogP contribution in [0.25, 0.3) is 21.8 Å². The van der Waals surface area contributed by atoms with Gasteiger partial charge in [-0.05, 0) is 18.2 Å². The van der Waals surface area contributed by atoms with Crippen molar-refractivity contribution in [3.63, 3.8) is 0 Å². The molecule has 4 rings (SSSR count). The van der Waals surface area contributed by atoms with E-state index in [-0.39, 0.29) is 5.91 Å². The van der Waals surface area contributed by atoms with E-state index in [1.807, 2.05) is 48.5 Å². The molecule has 1 N–H and O–H groups in total. The lowest BCUT2D eigenvalue weighted by atomic mass is 10.2. The number of hydrogen-bond acceptors (Lipinski definition) is 2. The molecule has 0 bridgehead atoms. The summed E-state index contributed by atoms with van der Waals surface area (Å²) in [5.74, 6) is -0.111. The van der Waals surface area contributed by atoms with Crippen molar-refractivity contribution < 1.29 is 4.79 Å². The Balaban J connectivity index is 1.48. The average molecular weight is 420 g/mol. The number of fused-ring (bicyclic) bond motifs is 3. The first-order valence-corrected chi connectivity index (χ1v) is 9.56. The van der Waals surface area contributed by atoms with Gasteiger partial charge in [0.05, 0.1) is 6.21 Å². The monoisotopic (exact) mass is 419 g/mol. The van der Waals surface area contributed by atoms with Crippen LogP contribution in [0.15, 0.2) is 82.4 Å². The van der Waals surface area contributed by atoms with Gasteiger partial charge >= 0.3 is 0 Å². The largest absolute Gasteiger partial charge is 0.340 e. The Labute approximate surface area is 165 Å². The maximum absolute atomic E-state index is 12.2. The molecule has 0 saturated carbocycles. The number of halogens is 1. The zero-order chi connectivity index (χ0) is 18.6. The number of rotatable bonds is 5. The highest BCUT2D eigenvalue weighted by Gasteiger charge is 2.10. The molecule has 4 aromatic rings. The molecule has 1 amide bonds. The predicted octanol–water partition coefficient (Wildman–Crippen LogP) is 5.10. The van der Waals surface area contributed by atoms with E-state index in [2.05, 4.69) is 55.3 Å². The van der Waals surface area contributed by atoms with E-state index in [1.54, 1.807) is 6.21 Å². The van der Waals surface area contributed by atoms with Crippen LogP contribution in [0.1, 0.15) is 12.0 Å². The molecule has 0 aliphatic heterocycles. The molecule has 0 aliphatic rings. The van der Waals surface area contributed by atoms with Crippen LogP contribution >= 0.6 is 15.9 Å². The van der Waals surface area contributed by atoms with Crippen molar-refractivity contribution in [2.24, 2.45) is 5.10 Å². The summed E-state index contributed by atoms with van der Waals surface area (Å²) in [5.41, 5.74) is 5.81. The number of benzene rings is 3. The van der Waals surface area contributed by atoms with Crippen LogP contribution < -0.4 is 5.43 Å². The first kappa shape index (κ1) is 17.5. The van der Waals surface area contributed by atoms with E-state index in [4.69, 9.17) is 0 Å². The first-order valence-electron chi connectivity index (χ1n) is 8.76. The maximum atomic E-state index is 12.2. The minimum absolute atomic E-state index is 0.111. The standard InChI is InChI=1S/C22H18BrN3O/c23-19-10-4-1-7-16(19)15-24-25-22(27)13-14-26-20-11-5-2-8-17(20)18-9-3-6-12-21(18)26/h1-12,15H,13-14H2,(H,25,27)/b24-15+. The molecule has 0 atom stereocenters. The van der Waals surface area contributed by atoms with Gasteiger partial charge in [-0.15, -0.1) is 0 Å². The van der Waals surface area contributed by atoms with Gasteiger partial charge in [0, 0.05) is 44.8 Å². The lowest BCUT2D eigenvalue weighted by molar-refractivity contribution is -0.121. The number of carbonyl (C=O) groups excluding carboxylic acids is 1. The highest BCUT2D eigenvalue weighted by atomic mass is 79.9. The van der Waals surface area contributed by atoms with Gasteiger partial charge in [-0.3, -0.25) is 4.79 Å². The Morgan fingerprint density at radius 3 is 2.19 bits per heavy atom. The summed E-state index contributed by atoms with van der Waals surface area (Å²) in [6.45, 7) is 0.602. The van der Waals surface area contributed by atoms with Crippen molar-refractivity contribution in [2.75, 3.05) is 0 Å². The molecule has 4 nitrogen and oxygen atoms in total. The van der Waals surface area contributed by atoms with E-state index in [1.165, 1.54) is 10.8 Å². The number of hydrazone groups is 1. The quantitative estimate of drug-likeness (QED) is 0.355. The minimum Gasteiger partial charge on any atom is -0.340 e. The summed E-state index contributed by atoms with van der Waals surface area (Å²) >= 11 is 3.46. The number of aromatic nitrogens is 1. The van der Waals surface area contributed by atoms with E-state index >= 15 is 0 Å². The Morgan fingerprint density at radius 2 is 1.52 bits per heavy atom. The Bertz CT molecular complexity index is 1090. The summed E-state index contributed by atoms with van der Waals surface area (Å²) in [4.78, 5) is 12.2. The summed E-state index contributed by atoms with van der Waals surface area (Å²) < 4.78 is 3.13. The first-order chi connectivity index (χ1) is 13.2. The highest BCUT2D eigenvalue weighted by molar-refractivity contribution is 9.10. The second kappa shape index (κ2) is 7.76. The fourth-order valence-electron chi connectivity index (χ4n) is 3.27. The van der Waals surface area contributed by atoms with Crippen LogP contribution in [-0.4, -0.2) is 16.7 Å². The van der Waals surface area contributed by atoms with Gasteiger partial charge in [0.25, 0.3) is 0 Å². The minimum atomic E-state index is -0.111. The summed E-state index contributed by atoms with van der Waals surface area (Å²) in [6.07, 6.45) is 2.00. The van der Waals surface area contributed by atoms with Crippen molar-refractivity contribution in [2.45, 2.75) is 13.0 Å². The highest BCUT2D eigenvalue weighted by Crippen LogP contribution is 2.28. The average Bonchev–Trinajstić information content (AvgIpc) is 3.02. The number of nitrogens with zero attached hydrogens (tertiary/aromatic N) is 2. The van der Waals surface area contributed by atoms with Crippen LogP contribution in [-0.2, 0) is 11.3 Å². The van der Waals surface area contributed by atoms with Crippen molar-refractivity contribution in [3.8, 4) is 0 Å². The molecule has 0 aliphatic carbocycles. The molecule has 0 radical (unpaired) electrons. The normalized spacial score (nSPS) is 11.4. The van der Waals surface area contributed by atoms with Gasteiger partial charge < -0.3 is 4.57 Å². The van der Waals surface area contributed by atoms with Gasteiger partial charge in [-0.1, -0.05) is 70.5 Å². The van der Waals surface area contributed by atoms with Crippen LogP contribution in [0.4, 0.5) is 0 Å². The lowest BCUT2D eigenvalue weighted by Gasteiger charge is -2.06. The van der Waals surface area contributed by atoms with Crippen molar-refractivity contribution >= 4 is 49.9 Å². The number of amides is 1. The maximum Gasteiger partial charge on any atom is 0.241 e. The second-order valence-corrected chi connectivity index (χ2v) is 7.10. The van der Waals surface area contributed by atoms with Crippen molar-refractivity contribution in [1.29, 1.82) is 0 Å². The van der Waals surface area contributed by atoms with Crippen LogP contribution in [0.5, 0.6) is 0 Å². The number of carbonyl (C=O) groups is 1. The molecular formula is C22H18BrN3O. The predicted molar refractivity (Wildman–Crippen MR) is 114 cm³/mol. The molecule has 0 saturated heterocycles. The third kappa shape index (κ3) is 3.64. The van der Waals surface area contributed by atoms with E-state index in [0.717, 1.165) is 21.1 Å². The van der Waals surface area contributed by atoms with Gasteiger partial charge in [-0.25, -0.2) is 5.43 Å². The lowest BCUT2D eigenvalue weighted by Crippen LogP contribution is -2.19. The smallest absolute Gasteiger partial charge is 0.241 e. The molecule has 27 heavy (non-hydrogen) atoms. The van der Waals surface area contributed by atoms with E-state index in [0.29, 0.717) is 13.0 Å². The SMILES string of the molecule is O=C(CCn1c2ccccc2c2ccccc21)N/N=C/c1ccccc1Br. The number of nitrogens with one attached hydrogen (secondary N) is 1. The van der Waals surface area contributed by atoms with Gasteiger partial charge in [0.2, 0.25) is 5.91 Å². The fourth-order valence-corrected chi connectivity index (χ4v) is 3.65. The molecular weight excluding hydrogens is 402 g/mol. The van der Waals surface area contributed by atoms with Gasteiger partial charge in [-0.2, -0.15) is 5.10 Å². The van der Waals surface area contributed by atoms with Crippen molar-refractivity contribution in [1.82, 2.24) is 9.99 Å². The molecule has 1 heterocycles. The Morgan fingerprint density at radius 1 is 0.926 bits per heavy atom. The fraction of sp³-hybridized carbons (Fsp3) is 0.0909. The molecule has 0 unspecified atom stereocenters. The topological polar surface area (TPSA) is 46.4 Å². The summed E-state index contributed by atoms with van der Waals surface area (Å²) in [7, 11) is 0. The van der Waals surface area contributed by atoms with Gasteiger partial charge in [0.1, 0.15) is 0 Å². The molecule has 3 aromatic carbocycles. The third-order valence-corrected chi connectivity index (χ3v) is 5.26. The summed E-state index contributed by atoms with van der Waals surface area (Å²) in [5, 5.41) is 6.48. The zero-order valence-electron chi connectivity index (χ0n) is 14.6.